The van der Waals surface area contributed by atoms with Gasteiger partial charge in [0, 0.05) is 12.6 Å². The highest BCUT2D eigenvalue weighted by Crippen LogP contribution is 2.24. The summed E-state index contributed by atoms with van der Waals surface area (Å²) in [5.41, 5.74) is 0.741. The van der Waals surface area contributed by atoms with Crippen LogP contribution in [0.3, 0.4) is 0 Å². The maximum absolute atomic E-state index is 13.5. The standard InChI is InChI=1S/C12H12F2N2O/c1-2-15-7-8-6-11(17-16-8)9-4-3-5-10(13)12(9)14/h3-6,15H,2,7H2,1H3. The van der Waals surface area contributed by atoms with Crippen molar-refractivity contribution in [3.8, 4) is 11.3 Å². The average Bonchev–Trinajstić information content (AvgIpc) is 2.78. The summed E-state index contributed by atoms with van der Waals surface area (Å²) in [7, 11) is 0. The van der Waals surface area contributed by atoms with Crippen LogP contribution in [-0.2, 0) is 6.54 Å². The second kappa shape index (κ2) is 5.05. The van der Waals surface area contributed by atoms with Gasteiger partial charge in [-0.05, 0) is 18.7 Å². The molecule has 1 aromatic carbocycles. The van der Waals surface area contributed by atoms with Crippen LogP contribution in [0, 0.1) is 11.6 Å². The van der Waals surface area contributed by atoms with Gasteiger partial charge in [0.15, 0.2) is 17.4 Å². The van der Waals surface area contributed by atoms with Crippen molar-refractivity contribution in [1.29, 1.82) is 0 Å². The Morgan fingerprint density at radius 2 is 2.18 bits per heavy atom. The zero-order chi connectivity index (χ0) is 12.3. The molecule has 2 rings (SSSR count). The molecule has 0 bridgehead atoms. The minimum atomic E-state index is -0.918. The van der Waals surface area contributed by atoms with Crippen LogP contribution in [0.1, 0.15) is 12.6 Å². The zero-order valence-corrected chi connectivity index (χ0v) is 9.34. The van der Waals surface area contributed by atoms with Crippen LogP contribution >= 0.6 is 0 Å². The minimum Gasteiger partial charge on any atom is -0.356 e. The molecule has 0 atom stereocenters. The van der Waals surface area contributed by atoms with E-state index < -0.39 is 11.6 Å². The van der Waals surface area contributed by atoms with Gasteiger partial charge in [0.25, 0.3) is 0 Å². The van der Waals surface area contributed by atoms with Gasteiger partial charge in [-0.2, -0.15) is 0 Å². The minimum absolute atomic E-state index is 0.0836. The largest absolute Gasteiger partial charge is 0.356 e. The molecule has 0 aliphatic heterocycles. The third-order valence-electron chi connectivity index (χ3n) is 2.33. The zero-order valence-electron chi connectivity index (χ0n) is 9.34. The predicted molar refractivity (Wildman–Crippen MR) is 59.2 cm³/mol. The third-order valence-corrected chi connectivity index (χ3v) is 2.33. The van der Waals surface area contributed by atoms with Crippen LogP contribution in [0.2, 0.25) is 0 Å². The lowest BCUT2D eigenvalue weighted by Gasteiger charge is -1.98. The SMILES string of the molecule is CCNCc1cc(-c2cccc(F)c2F)on1. The molecule has 3 nitrogen and oxygen atoms in total. The van der Waals surface area contributed by atoms with Gasteiger partial charge in [0.2, 0.25) is 0 Å². The molecule has 0 fully saturated rings. The first-order valence-corrected chi connectivity index (χ1v) is 5.33. The van der Waals surface area contributed by atoms with E-state index in [1.54, 1.807) is 6.07 Å². The Bertz CT molecular complexity index is 511. The molecule has 0 radical (unpaired) electrons. The topological polar surface area (TPSA) is 38.1 Å². The van der Waals surface area contributed by atoms with Gasteiger partial charge in [-0.15, -0.1) is 0 Å². The van der Waals surface area contributed by atoms with Crippen molar-refractivity contribution in [2.24, 2.45) is 0 Å². The van der Waals surface area contributed by atoms with Crippen LogP contribution in [-0.4, -0.2) is 11.7 Å². The highest BCUT2D eigenvalue weighted by atomic mass is 19.2. The van der Waals surface area contributed by atoms with Crippen molar-refractivity contribution in [3.63, 3.8) is 0 Å². The van der Waals surface area contributed by atoms with E-state index in [0.29, 0.717) is 12.2 Å². The van der Waals surface area contributed by atoms with Gasteiger partial charge in [0.1, 0.15) is 0 Å². The Balaban J connectivity index is 2.27. The number of hydrogen-bond acceptors (Lipinski definition) is 3. The van der Waals surface area contributed by atoms with Crippen molar-refractivity contribution in [3.05, 3.63) is 41.6 Å². The fraction of sp³-hybridized carbons (Fsp3) is 0.250. The molecule has 1 heterocycles. The van der Waals surface area contributed by atoms with E-state index in [1.165, 1.54) is 12.1 Å². The van der Waals surface area contributed by atoms with Crippen molar-refractivity contribution >= 4 is 0 Å². The summed E-state index contributed by atoms with van der Waals surface area (Å²) in [5.74, 6) is -1.58. The molecule has 0 aliphatic carbocycles. The van der Waals surface area contributed by atoms with E-state index in [9.17, 15) is 8.78 Å². The van der Waals surface area contributed by atoms with Gasteiger partial charge in [-0.1, -0.05) is 18.1 Å². The molecule has 1 aromatic heterocycles. The second-order valence-corrected chi connectivity index (χ2v) is 3.56. The van der Waals surface area contributed by atoms with E-state index in [2.05, 4.69) is 10.5 Å². The Morgan fingerprint density at radius 3 is 2.94 bits per heavy atom. The molecule has 17 heavy (non-hydrogen) atoms. The molecule has 1 N–H and O–H groups in total. The summed E-state index contributed by atoms with van der Waals surface area (Å²) >= 11 is 0. The van der Waals surface area contributed by atoms with Gasteiger partial charge < -0.3 is 9.84 Å². The molecule has 2 aromatic rings. The van der Waals surface area contributed by atoms with Crippen LogP contribution in [0.15, 0.2) is 28.8 Å². The number of nitrogens with one attached hydrogen (secondary N) is 1. The van der Waals surface area contributed by atoms with Gasteiger partial charge in [-0.3, -0.25) is 0 Å². The number of halogens is 2. The van der Waals surface area contributed by atoms with E-state index in [-0.39, 0.29) is 11.3 Å². The first-order valence-electron chi connectivity index (χ1n) is 5.33. The molecule has 0 spiro atoms. The summed E-state index contributed by atoms with van der Waals surface area (Å²) in [4.78, 5) is 0. The molecule has 90 valence electrons. The van der Waals surface area contributed by atoms with Crippen molar-refractivity contribution in [2.75, 3.05) is 6.54 Å². The Labute approximate surface area is 97.4 Å². The van der Waals surface area contributed by atoms with E-state index >= 15 is 0 Å². The number of nitrogens with zero attached hydrogens (tertiary/aromatic N) is 1. The molecule has 0 amide bonds. The highest BCUT2D eigenvalue weighted by molar-refractivity contribution is 5.58. The fourth-order valence-corrected chi connectivity index (χ4v) is 1.47. The maximum Gasteiger partial charge on any atom is 0.170 e. The summed E-state index contributed by atoms with van der Waals surface area (Å²) in [5, 5.41) is 6.84. The lowest BCUT2D eigenvalue weighted by atomic mass is 10.1. The summed E-state index contributed by atoms with van der Waals surface area (Å²) in [6, 6.07) is 5.55. The molecule has 0 unspecified atom stereocenters. The molecule has 0 aliphatic rings. The quantitative estimate of drug-likeness (QED) is 0.890. The Morgan fingerprint density at radius 1 is 1.35 bits per heavy atom. The molecular weight excluding hydrogens is 226 g/mol. The normalized spacial score (nSPS) is 10.8. The van der Waals surface area contributed by atoms with Gasteiger partial charge >= 0.3 is 0 Å². The van der Waals surface area contributed by atoms with Crippen molar-refractivity contribution in [1.82, 2.24) is 10.5 Å². The predicted octanol–water partition coefficient (Wildman–Crippen LogP) is 2.73. The molecule has 0 saturated carbocycles. The average molecular weight is 238 g/mol. The maximum atomic E-state index is 13.5. The van der Waals surface area contributed by atoms with Crippen LogP contribution < -0.4 is 5.32 Å². The Hall–Kier alpha value is -1.75. The highest BCUT2D eigenvalue weighted by Gasteiger charge is 2.14. The lowest BCUT2D eigenvalue weighted by molar-refractivity contribution is 0.416. The number of benzene rings is 1. The first-order chi connectivity index (χ1) is 8.22. The van der Waals surface area contributed by atoms with E-state index in [0.717, 1.165) is 12.6 Å². The fourth-order valence-electron chi connectivity index (χ4n) is 1.47. The third kappa shape index (κ3) is 2.50. The van der Waals surface area contributed by atoms with Crippen molar-refractivity contribution < 1.29 is 13.3 Å². The second-order valence-electron chi connectivity index (χ2n) is 3.56. The number of rotatable bonds is 4. The number of hydrogen-bond donors (Lipinski definition) is 1. The number of aromatic nitrogens is 1. The molecule has 5 heteroatoms. The summed E-state index contributed by atoms with van der Waals surface area (Å²) in [6.07, 6.45) is 0. The van der Waals surface area contributed by atoms with E-state index in [4.69, 9.17) is 4.52 Å². The van der Waals surface area contributed by atoms with Gasteiger partial charge in [0.05, 0.1) is 11.3 Å². The van der Waals surface area contributed by atoms with Crippen LogP contribution in [0.4, 0.5) is 8.78 Å². The Kier molecular flexibility index (Phi) is 3.49. The van der Waals surface area contributed by atoms with Crippen LogP contribution in [0.5, 0.6) is 0 Å². The lowest BCUT2D eigenvalue weighted by Crippen LogP contribution is -2.11. The summed E-state index contributed by atoms with van der Waals surface area (Å²) in [6.45, 7) is 3.31. The molecule has 0 saturated heterocycles. The van der Waals surface area contributed by atoms with Gasteiger partial charge in [-0.25, -0.2) is 8.78 Å². The molecular formula is C12H12F2N2O. The van der Waals surface area contributed by atoms with Crippen LogP contribution in [0.25, 0.3) is 11.3 Å². The summed E-state index contributed by atoms with van der Waals surface area (Å²) < 4.78 is 31.5. The van der Waals surface area contributed by atoms with Crippen molar-refractivity contribution in [2.45, 2.75) is 13.5 Å². The smallest absolute Gasteiger partial charge is 0.170 e. The first kappa shape index (κ1) is 11.7. The monoisotopic (exact) mass is 238 g/mol. The van der Waals surface area contributed by atoms with E-state index in [1.807, 2.05) is 6.92 Å².